The molecule has 0 radical (unpaired) electrons. The van der Waals surface area contributed by atoms with E-state index in [0.717, 1.165) is 16.0 Å². The number of anilines is 1. The number of carbonyl (C=O) groups excluding carboxylic acids is 2. The molecule has 0 fully saturated rings. The molecular weight excluding hydrogens is 444 g/mol. The van der Waals surface area contributed by atoms with E-state index in [-0.39, 0.29) is 11.8 Å². The first-order chi connectivity index (χ1) is 16.7. The van der Waals surface area contributed by atoms with Gasteiger partial charge in [-0.1, -0.05) is 60.7 Å². The molecule has 0 spiro atoms. The maximum atomic E-state index is 13.9. The lowest BCUT2D eigenvalue weighted by Crippen LogP contribution is -2.45. The van der Waals surface area contributed by atoms with Crippen molar-refractivity contribution in [1.29, 1.82) is 0 Å². The molecule has 1 aromatic heterocycles. The topological polar surface area (TPSA) is 58.6 Å². The molecule has 4 aromatic rings. The van der Waals surface area contributed by atoms with Gasteiger partial charge in [-0.2, -0.15) is 0 Å². The van der Waals surface area contributed by atoms with Crippen LogP contribution in [-0.4, -0.2) is 23.8 Å². The number of benzene rings is 3. The van der Waals surface area contributed by atoms with Gasteiger partial charge in [0, 0.05) is 28.7 Å². The molecule has 2 heterocycles. The summed E-state index contributed by atoms with van der Waals surface area (Å²) >= 11 is 1.56. The minimum absolute atomic E-state index is 0.0664. The quantitative estimate of drug-likeness (QED) is 0.385. The van der Waals surface area contributed by atoms with E-state index in [1.807, 2.05) is 95.2 Å². The highest BCUT2D eigenvalue weighted by atomic mass is 32.1. The Hall–Kier alpha value is -3.90. The summed E-state index contributed by atoms with van der Waals surface area (Å²) in [5.41, 5.74) is 2.98. The fourth-order valence-corrected chi connectivity index (χ4v) is 5.40. The molecule has 1 aliphatic heterocycles. The van der Waals surface area contributed by atoms with E-state index in [0.29, 0.717) is 23.5 Å². The van der Waals surface area contributed by atoms with Gasteiger partial charge in [-0.25, -0.2) is 0 Å². The van der Waals surface area contributed by atoms with Crippen molar-refractivity contribution < 1.29 is 14.3 Å². The second-order valence-corrected chi connectivity index (χ2v) is 9.14. The monoisotopic (exact) mass is 468 g/mol. The standard InChI is InChI=1S/C28H24N2O3S/c1-33-21-12-7-11-20(17-21)29-27(31)25-22-13-5-6-14-23(22)28(32)30(18-19-9-3-2-4-10-19)26(25)24-15-8-16-34-24/h2-17,25-26H,18H2,1H3,(H,29,31). The van der Waals surface area contributed by atoms with E-state index < -0.39 is 12.0 Å². The molecule has 2 atom stereocenters. The summed E-state index contributed by atoms with van der Waals surface area (Å²) in [6.07, 6.45) is 0. The Morgan fingerprint density at radius 3 is 2.53 bits per heavy atom. The fourth-order valence-electron chi connectivity index (χ4n) is 4.53. The fraction of sp³-hybridized carbons (Fsp3) is 0.143. The van der Waals surface area contributed by atoms with E-state index >= 15 is 0 Å². The van der Waals surface area contributed by atoms with Crippen LogP contribution in [0, 0.1) is 0 Å². The van der Waals surface area contributed by atoms with Crippen LogP contribution in [0.15, 0.2) is 96.4 Å². The van der Waals surface area contributed by atoms with Crippen LogP contribution in [0.3, 0.4) is 0 Å². The van der Waals surface area contributed by atoms with E-state index in [4.69, 9.17) is 4.74 Å². The second-order valence-electron chi connectivity index (χ2n) is 8.17. The van der Waals surface area contributed by atoms with Crippen molar-refractivity contribution >= 4 is 28.8 Å². The molecule has 5 nitrogen and oxygen atoms in total. The normalized spacial score (nSPS) is 17.2. The van der Waals surface area contributed by atoms with Gasteiger partial charge in [0.05, 0.1) is 19.1 Å². The van der Waals surface area contributed by atoms with Crippen LogP contribution in [0.1, 0.15) is 38.3 Å². The Morgan fingerprint density at radius 1 is 0.971 bits per heavy atom. The molecule has 0 aliphatic carbocycles. The Balaban J connectivity index is 1.60. The van der Waals surface area contributed by atoms with Crippen molar-refractivity contribution in [2.24, 2.45) is 0 Å². The zero-order chi connectivity index (χ0) is 23.5. The van der Waals surface area contributed by atoms with Gasteiger partial charge in [-0.15, -0.1) is 11.3 Å². The average Bonchev–Trinajstić information content (AvgIpc) is 3.41. The lowest BCUT2D eigenvalue weighted by atomic mass is 9.81. The van der Waals surface area contributed by atoms with Crippen molar-refractivity contribution in [3.05, 3.63) is 118 Å². The second kappa shape index (κ2) is 9.53. The van der Waals surface area contributed by atoms with Gasteiger partial charge < -0.3 is 15.0 Å². The summed E-state index contributed by atoms with van der Waals surface area (Å²) in [5, 5.41) is 5.05. The largest absolute Gasteiger partial charge is 0.497 e. The summed E-state index contributed by atoms with van der Waals surface area (Å²) in [4.78, 5) is 30.4. The van der Waals surface area contributed by atoms with Crippen LogP contribution in [0.5, 0.6) is 5.75 Å². The van der Waals surface area contributed by atoms with Gasteiger partial charge >= 0.3 is 0 Å². The number of nitrogens with one attached hydrogen (secondary N) is 1. The molecule has 5 rings (SSSR count). The molecular formula is C28H24N2O3S. The van der Waals surface area contributed by atoms with Crippen molar-refractivity contribution in [2.75, 3.05) is 12.4 Å². The maximum Gasteiger partial charge on any atom is 0.255 e. The molecule has 2 amide bonds. The Kier molecular flexibility index (Phi) is 6.14. The molecule has 170 valence electrons. The Bertz CT molecular complexity index is 1300. The van der Waals surface area contributed by atoms with Gasteiger partial charge in [0.2, 0.25) is 5.91 Å². The molecule has 0 bridgehead atoms. The number of nitrogens with zero attached hydrogens (tertiary/aromatic N) is 1. The van der Waals surface area contributed by atoms with Gasteiger partial charge in [0.25, 0.3) is 5.91 Å². The van der Waals surface area contributed by atoms with Gasteiger partial charge in [-0.05, 0) is 40.8 Å². The minimum atomic E-state index is -0.567. The average molecular weight is 469 g/mol. The molecule has 34 heavy (non-hydrogen) atoms. The lowest BCUT2D eigenvalue weighted by molar-refractivity contribution is -0.119. The molecule has 0 saturated carbocycles. The third kappa shape index (κ3) is 4.20. The number of rotatable bonds is 6. The van der Waals surface area contributed by atoms with Gasteiger partial charge in [0.15, 0.2) is 0 Å². The number of hydrogen-bond donors (Lipinski definition) is 1. The number of carbonyl (C=O) groups is 2. The number of methoxy groups -OCH3 is 1. The van der Waals surface area contributed by atoms with Crippen molar-refractivity contribution in [2.45, 2.75) is 18.5 Å². The number of fused-ring (bicyclic) bond motifs is 1. The number of amides is 2. The van der Waals surface area contributed by atoms with Gasteiger partial charge in [-0.3, -0.25) is 9.59 Å². The predicted molar refractivity (Wildman–Crippen MR) is 134 cm³/mol. The van der Waals surface area contributed by atoms with E-state index in [9.17, 15) is 9.59 Å². The lowest BCUT2D eigenvalue weighted by Gasteiger charge is -2.41. The highest BCUT2D eigenvalue weighted by Crippen LogP contribution is 2.45. The van der Waals surface area contributed by atoms with E-state index in [2.05, 4.69) is 5.32 Å². The third-order valence-electron chi connectivity index (χ3n) is 6.09. The minimum Gasteiger partial charge on any atom is -0.497 e. The summed E-state index contributed by atoms with van der Waals surface area (Å²) in [6, 6.07) is 28.2. The first kappa shape index (κ1) is 21.9. The zero-order valence-electron chi connectivity index (χ0n) is 18.7. The van der Waals surface area contributed by atoms with E-state index in [1.165, 1.54) is 0 Å². The Labute approximate surface area is 202 Å². The number of thiophene rings is 1. The van der Waals surface area contributed by atoms with Crippen LogP contribution in [0.25, 0.3) is 0 Å². The van der Waals surface area contributed by atoms with Gasteiger partial charge in [0.1, 0.15) is 5.75 Å². The highest BCUT2D eigenvalue weighted by Gasteiger charge is 2.44. The Morgan fingerprint density at radius 2 is 1.76 bits per heavy atom. The van der Waals surface area contributed by atoms with Crippen LogP contribution in [0.2, 0.25) is 0 Å². The first-order valence-electron chi connectivity index (χ1n) is 11.1. The van der Waals surface area contributed by atoms with Crippen molar-refractivity contribution in [3.63, 3.8) is 0 Å². The van der Waals surface area contributed by atoms with Crippen LogP contribution in [0.4, 0.5) is 5.69 Å². The van der Waals surface area contributed by atoms with E-state index in [1.54, 1.807) is 24.5 Å². The smallest absolute Gasteiger partial charge is 0.255 e. The number of hydrogen-bond acceptors (Lipinski definition) is 4. The predicted octanol–water partition coefficient (Wildman–Crippen LogP) is 5.88. The van der Waals surface area contributed by atoms with Crippen LogP contribution >= 0.6 is 11.3 Å². The highest BCUT2D eigenvalue weighted by molar-refractivity contribution is 7.10. The van der Waals surface area contributed by atoms with Crippen molar-refractivity contribution in [3.8, 4) is 5.75 Å². The van der Waals surface area contributed by atoms with Crippen molar-refractivity contribution in [1.82, 2.24) is 4.90 Å². The summed E-state index contributed by atoms with van der Waals surface area (Å²) < 4.78 is 5.31. The first-order valence-corrected chi connectivity index (χ1v) is 12.0. The molecule has 1 N–H and O–H groups in total. The summed E-state index contributed by atoms with van der Waals surface area (Å²) in [6.45, 7) is 0.416. The molecule has 1 aliphatic rings. The van der Waals surface area contributed by atoms with Crippen LogP contribution < -0.4 is 10.1 Å². The molecule has 0 saturated heterocycles. The molecule has 3 aromatic carbocycles. The zero-order valence-corrected chi connectivity index (χ0v) is 19.5. The SMILES string of the molecule is COc1cccc(NC(=O)C2c3ccccc3C(=O)N(Cc3ccccc3)C2c2cccs2)c1. The maximum absolute atomic E-state index is 13.9. The summed E-state index contributed by atoms with van der Waals surface area (Å²) in [5.74, 6) is -0.132. The number of ether oxygens (including phenoxy) is 1. The summed E-state index contributed by atoms with van der Waals surface area (Å²) in [7, 11) is 1.60. The molecule has 6 heteroatoms. The molecule has 2 unspecified atom stereocenters. The third-order valence-corrected chi connectivity index (χ3v) is 7.03. The van der Waals surface area contributed by atoms with Crippen LogP contribution in [-0.2, 0) is 11.3 Å².